The van der Waals surface area contributed by atoms with Crippen molar-refractivity contribution in [2.24, 2.45) is 0 Å². The summed E-state index contributed by atoms with van der Waals surface area (Å²) in [7, 11) is -8.62. The highest BCUT2D eigenvalue weighted by molar-refractivity contribution is 9.10. The van der Waals surface area contributed by atoms with Crippen LogP contribution in [-0.2, 0) is 48.0 Å². The Kier molecular flexibility index (Phi) is 19.2. The lowest BCUT2D eigenvalue weighted by Gasteiger charge is -2.32. The summed E-state index contributed by atoms with van der Waals surface area (Å²) in [4.78, 5) is 23.1. The Bertz CT molecular complexity index is 2750. The lowest BCUT2D eigenvalue weighted by Crippen LogP contribution is -2.41. The van der Waals surface area contributed by atoms with Crippen molar-refractivity contribution in [2.75, 3.05) is 26.2 Å². The first-order chi connectivity index (χ1) is 34.2. The molecule has 22 heteroatoms. The molecule has 0 aliphatic carbocycles. The number of carbonyl (C=O) groups is 2. The summed E-state index contributed by atoms with van der Waals surface area (Å²) in [6.45, 7) is 32.9. The number of ether oxygens (including phenoxy) is 2. The van der Waals surface area contributed by atoms with E-state index in [1.807, 2.05) is 83.1 Å². The molecule has 4 aromatic rings. The van der Waals surface area contributed by atoms with E-state index < -0.39 is 52.4 Å². The predicted octanol–water partition coefficient (Wildman–Crippen LogP) is 10.2. The third kappa shape index (κ3) is 13.4. The van der Waals surface area contributed by atoms with Gasteiger partial charge in [-0.3, -0.25) is 9.59 Å². The fraction of sp³-hybridized carbons (Fsp3) is 0.500. The maximum Gasteiger partial charge on any atom is 0.495 e. The van der Waals surface area contributed by atoms with Crippen molar-refractivity contribution >= 4 is 75.1 Å². The monoisotopic (exact) mass is 1130 g/mol. The van der Waals surface area contributed by atoms with Gasteiger partial charge >= 0.3 is 21.1 Å². The maximum absolute atomic E-state index is 12.6. The molecule has 3 aliphatic heterocycles. The molecule has 74 heavy (non-hydrogen) atoms. The molecule has 0 atom stereocenters. The Morgan fingerprint density at radius 1 is 0.473 bits per heavy atom. The van der Waals surface area contributed by atoms with Crippen LogP contribution in [0.1, 0.15) is 133 Å². The van der Waals surface area contributed by atoms with E-state index in [0.717, 1.165) is 12.6 Å². The van der Waals surface area contributed by atoms with Gasteiger partial charge < -0.3 is 37.4 Å². The first-order valence-corrected chi connectivity index (χ1v) is 28.4. The van der Waals surface area contributed by atoms with Gasteiger partial charge in [-0.05, 0) is 167 Å². The summed E-state index contributed by atoms with van der Waals surface area (Å²) in [5.74, 6) is 1.91. The van der Waals surface area contributed by atoms with E-state index in [1.54, 1.807) is 88.4 Å². The van der Waals surface area contributed by atoms with Gasteiger partial charge in [0.15, 0.2) is 6.29 Å². The molecule has 0 amide bonds. The molecule has 3 aliphatic rings. The van der Waals surface area contributed by atoms with E-state index in [0.29, 0.717) is 70.2 Å². The van der Waals surface area contributed by atoms with Crippen LogP contribution in [0.4, 0.5) is 0 Å². The van der Waals surface area contributed by atoms with Crippen LogP contribution >= 0.6 is 15.9 Å². The number of halogens is 1. The quantitative estimate of drug-likeness (QED) is 0.0763. The van der Waals surface area contributed by atoms with Gasteiger partial charge in [0.25, 0.3) is 0 Å². The summed E-state index contributed by atoms with van der Waals surface area (Å²) in [5.41, 5.74) is -0.951. The molecule has 4 aromatic carbocycles. The number of benzene rings is 4. The van der Waals surface area contributed by atoms with Crippen LogP contribution in [0, 0.1) is 0 Å². The highest BCUT2D eigenvalue weighted by Crippen LogP contribution is 2.43. The lowest BCUT2D eigenvalue weighted by molar-refractivity contribution is 0.00578. The largest absolute Gasteiger partial charge is 0.495 e. The average molecular weight is 1130 g/mol. The third-order valence-corrected chi connectivity index (χ3v) is 19.2. The molecule has 0 radical (unpaired) electrons. The van der Waals surface area contributed by atoms with E-state index in [-0.39, 0.29) is 33.6 Å². The second kappa shape index (κ2) is 23.4. The molecule has 7 rings (SSSR count). The van der Waals surface area contributed by atoms with Crippen molar-refractivity contribution in [1.29, 1.82) is 0 Å². The average Bonchev–Trinajstić information content (AvgIpc) is 3.80. The highest BCUT2D eigenvalue weighted by Gasteiger charge is 2.63. The van der Waals surface area contributed by atoms with Crippen molar-refractivity contribution in [3.63, 3.8) is 0 Å². The topological polar surface area (TPSA) is 183 Å². The number of aldehydes is 2. The number of sulfonamides is 2. The van der Waals surface area contributed by atoms with Gasteiger partial charge in [-0.1, -0.05) is 49.7 Å². The van der Waals surface area contributed by atoms with E-state index in [9.17, 15) is 26.4 Å². The molecule has 0 aromatic heterocycles. The standard InChI is InChI=1S/C23H30BNO6S.C17H18BrNO4S.C12H24B2O4.H2/c1-7-25(8-2)32(27,28)20-12-9-18(10-13-20)29-19-11-14-21(17(15-19)16-26)24-30-22(3,4)23(5,6)31-24;1-3-19(4-2)24(21,22)16-8-5-14(6-9-16)23-15-7-10-17(18)13(11-15)12-20;1-9(2)10(3,4)16-13(15-9)14-17-11(5,6)12(7,8)18-14;/h9-16H,7-8H2,1-6H3;5-12H,3-4H2,1-2H3;1-8H3;1H/i;;;1+1. The molecule has 0 N–H and O–H groups in total. The molecule has 0 unspecified atom stereocenters. The van der Waals surface area contributed by atoms with Crippen LogP contribution in [0.2, 0.25) is 0 Å². The smallest absolute Gasteiger partial charge is 0.457 e. The van der Waals surface area contributed by atoms with Gasteiger partial charge in [-0.15, -0.1) is 0 Å². The number of nitrogens with zero attached hydrogens (tertiary/aromatic N) is 2. The molecular weight excluding hydrogens is 1050 g/mol. The molecule has 3 heterocycles. The molecule has 3 fully saturated rings. The van der Waals surface area contributed by atoms with Crippen LogP contribution in [0.25, 0.3) is 0 Å². The first-order valence-electron chi connectivity index (χ1n) is 24.7. The molecule has 0 bridgehead atoms. The van der Waals surface area contributed by atoms with Crippen LogP contribution in [0.15, 0.2) is 99.2 Å². The molecule has 404 valence electrons. The summed E-state index contributed by atoms with van der Waals surface area (Å²) in [5, 5.41) is 0. The van der Waals surface area contributed by atoms with E-state index in [1.165, 1.54) is 32.9 Å². The summed E-state index contributed by atoms with van der Waals surface area (Å²) in [6.07, 6.45) is 1.48. The second-order valence-corrected chi connectivity index (χ2v) is 25.6. The van der Waals surface area contributed by atoms with Gasteiger partial charge in [-0.2, -0.15) is 8.61 Å². The summed E-state index contributed by atoms with van der Waals surface area (Å²) in [6, 6.07) is 22.6. The Balaban J connectivity index is 0.000000252. The van der Waals surface area contributed by atoms with E-state index in [2.05, 4.69) is 15.9 Å². The van der Waals surface area contributed by atoms with Gasteiger partial charge in [0.05, 0.1) is 43.4 Å². The third-order valence-electron chi connectivity index (χ3n) is 14.4. The second-order valence-electron chi connectivity index (χ2n) is 20.9. The Hall–Kier alpha value is -3.93. The van der Waals surface area contributed by atoms with Crippen molar-refractivity contribution in [2.45, 2.75) is 154 Å². The molecule has 0 spiro atoms. The van der Waals surface area contributed by atoms with Crippen molar-refractivity contribution in [3.8, 4) is 23.0 Å². The van der Waals surface area contributed by atoms with Crippen LogP contribution in [0.5, 0.6) is 23.0 Å². The summed E-state index contributed by atoms with van der Waals surface area (Å²) < 4.78 is 101. The van der Waals surface area contributed by atoms with Crippen molar-refractivity contribution in [3.05, 3.63) is 101 Å². The SMILES string of the molecule is CC1(C)OB(B2OC(C)(C)C(C)(C)O2)OC1(C)C.CCN(CC)S(=O)(=O)c1ccc(Oc2ccc(B3OC(C)(C)C(C)(C)O3)c(C=O)c2)cc1.CCN(CC)S(=O)(=O)c1ccc(Oc2ccc(Br)c(C=O)c2)cc1.[2HH]. The van der Waals surface area contributed by atoms with Crippen molar-refractivity contribution in [1.82, 2.24) is 8.61 Å². The summed E-state index contributed by atoms with van der Waals surface area (Å²) >= 11 is 3.28. The molecular formula is C52H74B3BrN2O14S2. The number of carbonyl (C=O) groups excluding carboxylic acids is 2. The number of rotatable bonds is 16. The molecule has 0 saturated carbocycles. The molecule has 16 nitrogen and oxygen atoms in total. The molecule has 3 saturated heterocycles. The Labute approximate surface area is 450 Å². The van der Waals surface area contributed by atoms with Crippen LogP contribution < -0.4 is 14.9 Å². The lowest BCUT2D eigenvalue weighted by atomic mass is 9.49. The van der Waals surface area contributed by atoms with Crippen LogP contribution in [-0.4, -0.2) is 119 Å². The van der Waals surface area contributed by atoms with E-state index in [4.69, 9.17) is 37.4 Å². The van der Waals surface area contributed by atoms with Gasteiger partial charge in [-0.25, -0.2) is 16.8 Å². The van der Waals surface area contributed by atoms with Gasteiger partial charge in [0.2, 0.25) is 20.0 Å². The Morgan fingerprint density at radius 3 is 1.09 bits per heavy atom. The van der Waals surface area contributed by atoms with Gasteiger partial charge in [0.1, 0.15) is 29.3 Å². The zero-order valence-electron chi connectivity index (χ0n) is 45.6. The highest BCUT2D eigenvalue weighted by atomic mass is 79.9. The fourth-order valence-electron chi connectivity index (χ4n) is 7.63. The maximum atomic E-state index is 12.6. The van der Waals surface area contributed by atoms with Crippen LogP contribution in [0.3, 0.4) is 0 Å². The minimum Gasteiger partial charge on any atom is -0.457 e. The van der Waals surface area contributed by atoms with Gasteiger partial charge in [0, 0.05) is 43.2 Å². The zero-order valence-corrected chi connectivity index (χ0v) is 48.8. The predicted molar refractivity (Wildman–Crippen MR) is 295 cm³/mol. The minimum atomic E-state index is -3.53. The zero-order chi connectivity index (χ0) is 55.5. The Morgan fingerprint density at radius 2 is 0.770 bits per heavy atom. The minimum absolute atomic E-state index is 0. The normalized spacial score (nSPS) is 19.1. The number of hydrogen-bond acceptors (Lipinski definition) is 14. The van der Waals surface area contributed by atoms with E-state index >= 15 is 0 Å². The fourth-order valence-corrected chi connectivity index (χ4v) is 10.9. The van der Waals surface area contributed by atoms with Crippen molar-refractivity contribution < 1.29 is 65.3 Å². The first kappa shape index (κ1) is 60.9. The number of hydrogen-bond donors (Lipinski definition) is 0.